The summed E-state index contributed by atoms with van der Waals surface area (Å²) >= 11 is 0. The van der Waals surface area contributed by atoms with Gasteiger partial charge in [0.05, 0.1) is 0 Å². The largest absolute Gasteiger partial charge is 0.462 e. The van der Waals surface area contributed by atoms with Gasteiger partial charge in [-0.15, -0.1) is 0 Å². The monoisotopic (exact) mass is 284 g/mol. The molecular formula is C16H28O4. The number of esters is 2. The molecule has 0 spiro atoms. The van der Waals surface area contributed by atoms with Gasteiger partial charge in [-0.05, 0) is 6.42 Å². The van der Waals surface area contributed by atoms with Crippen LogP contribution in [0.1, 0.15) is 64.7 Å². The SMILES string of the molecule is C=CC(=O)OCCOC(=O)CCCCCCCCCC. The van der Waals surface area contributed by atoms with Crippen molar-refractivity contribution in [2.75, 3.05) is 13.2 Å². The van der Waals surface area contributed by atoms with E-state index in [0.717, 1.165) is 18.9 Å². The normalized spacial score (nSPS) is 10.1. The lowest BCUT2D eigenvalue weighted by Gasteiger charge is -2.05. The molecule has 0 aliphatic rings. The first kappa shape index (κ1) is 18.7. The maximum Gasteiger partial charge on any atom is 0.330 e. The van der Waals surface area contributed by atoms with Gasteiger partial charge in [0.1, 0.15) is 13.2 Å². The van der Waals surface area contributed by atoms with E-state index in [1.807, 2.05) is 0 Å². The van der Waals surface area contributed by atoms with Crippen LogP contribution in [0.2, 0.25) is 0 Å². The second-order valence-corrected chi connectivity index (χ2v) is 4.82. The Hall–Kier alpha value is -1.32. The summed E-state index contributed by atoms with van der Waals surface area (Å²) in [5.41, 5.74) is 0. The Morgan fingerprint density at radius 3 is 2.05 bits per heavy atom. The van der Waals surface area contributed by atoms with Crippen LogP contribution in [0.25, 0.3) is 0 Å². The molecule has 0 saturated heterocycles. The van der Waals surface area contributed by atoms with E-state index >= 15 is 0 Å². The lowest BCUT2D eigenvalue weighted by molar-refractivity contribution is -0.149. The number of unbranched alkanes of at least 4 members (excludes halogenated alkanes) is 7. The highest BCUT2D eigenvalue weighted by molar-refractivity contribution is 5.81. The molecule has 0 aliphatic heterocycles. The van der Waals surface area contributed by atoms with Gasteiger partial charge in [-0.2, -0.15) is 0 Å². The maximum absolute atomic E-state index is 11.3. The van der Waals surface area contributed by atoms with E-state index < -0.39 is 5.97 Å². The molecule has 4 heteroatoms. The molecule has 0 aromatic heterocycles. The number of hydrogen-bond acceptors (Lipinski definition) is 4. The Kier molecular flexibility index (Phi) is 13.2. The molecule has 0 amide bonds. The zero-order valence-corrected chi connectivity index (χ0v) is 12.7. The van der Waals surface area contributed by atoms with E-state index in [0.29, 0.717) is 6.42 Å². The van der Waals surface area contributed by atoms with Gasteiger partial charge in [0, 0.05) is 12.5 Å². The van der Waals surface area contributed by atoms with E-state index in [4.69, 9.17) is 9.47 Å². The Bertz CT molecular complexity index is 274. The number of hydrogen-bond donors (Lipinski definition) is 0. The maximum atomic E-state index is 11.3. The lowest BCUT2D eigenvalue weighted by atomic mass is 10.1. The number of rotatable bonds is 13. The fourth-order valence-electron chi connectivity index (χ4n) is 1.83. The lowest BCUT2D eigenvalue weighted by Crippen LogP contribution is -2.12. The molecule has 4 nitrogen and oxygen atoms in total. The van der Waals surface area contributed by atoms with Gasteiger partial charge in [0.15, 0.2) is 0 Å². The Morgan fingerprint density at radius 2 is 1.45 bits per heavy atom. The van der Waals surface area contributed by atoms with Crippen molar-refractivity contribution in [3.05, 3.63) is 12.7 Å². The standard InChI is InChI=1S/C16H28O4/c1-3-5-6-7-8-9-10-11-12-16(18)20-14-13-19-15(17)4-2/h4H,2-3,5-14H2,1H3. The van der Waals surface area contributed by atoms with Crippen molar-refractivity contribution in [1.82, 2.24) is 0 Å². The molecule has 0 unspecified atom stereocenters. The Labute approximate surface area is 122 Å². The van der Waals surface area contributed by atoms with Crippen LogP contribution in [0.5, 0.6) is 0 Å². The summed E-state index contributed by atoms with van der Waals surface area (Å²) in [5, 5.41) is 0. The van der Waals surface area contributed by atoms with Crippen molar-refractivity contribution >= 4 is 11.9 Å². The summed E-state index contributed by atoms with van der Waals surface area (Å²) in [5.74, 6) is -0.713. The Morgan fingerprint density at radius 1 is 0.900 bits per heavy atom. The van der Waals surface area contributed by atoms with Crippen LogP contribution in [0.3, 0.4) is 0 Å². The first-order valence-electron chi connectivity index (χ1n) is 7.65. The third kappa shape index (κ3) is 13.1. The number of carbonyl (C=O) groups is 2. The fraction of sp³-hybridized carbons (Fsp3) is 0.750. The summed E-state index contributed by atoms with van der Waals surface area (Å²) in [6.45, 7) is 5.70. The van der Waals surface area contributed by atoms with E-state index in [2.05, 4.69) is 13.5 Å². The van der Waals surface area contributed by atoms with Crippen LogP contribution in [-0.4, -0.2) is 25.2 Å². The average Bonchev–Trinajstić information content (AvgIpc) is 2.46. The van der Waals surface area contributed by atoms with Gasteiger partial charge in [-0.3, -0.25) is 4.79 Å². The zero-order chi connectivity index (χ0) is 15.1. The molecule has 0 aliphatic carbocycles. The summed E-state index contributed by atoms with van der Waals surface area (Å²) in [6.07, 6.45) is 11.1. The van der Waals surface area contributed by atoms with Gasteiger partial charge in [0.2, 0.25) is 0 Å². The van der Waals surface area contributed by atoms with Gasteiger partial charge in [-0.25, -0.2) is 4.79 Å². The first-order chi connectivity index (χ1) is 9.70. The molecule has 0 saturated carbocycles. The minimum Gasteiger partial charge on any atom is -0.462 e. The highest BCUT2D eigenvalue weighted by Gasteiger charge is 2.03. The molecular weight excluding hydrogens is 256 g/mol. The highest BCUT2D eigenvalue weighted by Crippen LogP contribution is 2.09. The molecule has 0 fully saturated rings. The number of ether oxygens (including phenoxy) is 2. The molecule has 0 radical (unpaired) electrons. The van der Waals surface area contributed by atoms with E-state index in [1.54, 1.807) is 0 Å². The molecule has 0 atom stereocenters. The van der Waals surface area contributed by atoms with Gasteiger partial charge in [0.25, 0.3) is 0 Å². The average molecular weight is 284 g/mol. The molecule has 0 rings (SSSR count). The highest BCUT2D eigenvalue weighted by atomic mass is 16.6. The minimum atomic E-state index is -0.496. The van der Waals surface area contributed by atoms with Crippen molar-refractivity contribution in [2.45, 2.75) is 64.7 Å². The second-order valence-electron chi connectivity index (χ2n) is 4.82. The smallest absolute Gasteiger partial charge is 0.330 e. The van der Waals surface area contributed by atoms with Crippen molar-refractivity contribution in [3.63, 3.8) is 0 Å². The molecule has 20 heavy (non-hydrogen) atoms. The third-order valence-corrected chi connectivity index (χ3v) is 2.99. The Balaban J connectivity index is 3.24. The predicted molar refractivity (Wildman–Crippen MR) is 79.3 cm³/mol. The topological polar surface area (TPSA) is 52.6 Å². The van der Waals surface area contributed by atoms with Gasteiger partial charge in [-0.1, -0.05) is 58.4 Å². The van der Waals surface area contributed by atoms with Crippen molar-refractivity contribution in [1.29, 1.82) is 0 Å². The molecule has 116 valence electrons. The summed E-state index contributed by atoms with van der Waals surface area (Å²) < 4.78 is 9.64. The molecule has 0 aromatic rings. The van der Waals surface area contributed by atoms with Crippen LogP contribution >= 0.6 is 0 Å². The zero-order valence-electron chi connectivity index (χ0n) is 12.7. The van der Waals surface area contributed by atoms with Crippen molar-refractivity contribution in [2.24, 2.45) is 0 Å². The van der Waals surface area contributed by atoms with Crippen LogP contribution in [0.15, 0.2) is 12.7 Å². The first-order valence-corrected chi connectivity index (χ1v) is 7.65. The quantitative estimate of drug-likeness (QED) is 0.293. The van der Waals surface area contributed by atoms with Crippen LogP contribution < -0.4 is 0 Å². The van der Waals surface area contributed by atoms with Crippen LogP contribution in [0.4, 0.5) is 0 Å². The van der Waals surface area contributed by atoms with E-state index in [9.17, 15) is 9.59 Å². The van der Waals surface area contributed by atoms with Gasteiger partial charge >= 0.3 is 11.9 Å². The molecule has 0 bridgehead atoms. The van der Waals surface area contributed by atoms with Crippen molar-refractivity contribution in [3.8, 4) is 0 Å². The minimum absolute atomic E-state index is 0.0913. The van der Waals surface area contributed by atoms with Gasteiger partial charge < -0.3 is 9.47 Å². The van der Waals surface area contributed by atoms with Crippen LogP contribution in [-0.2, 0) is 19.1 Å². The predicted octanol–water partition coefficient (Wildman–Crippen LogP) is 3.79. The molecule has 0 heterocycles. The number of carbonyl (C=O) groups excluding carboxylic acids is 2. The summed E-state index contributed by atoms with van der Waals surface area (Å²) in [6, 6.07) is 0. The molecule has 0 N–H and O–H groups in total. The second kappa shape index (κ2) is 14.1. The van der Waals surface area contributed by atoms with E-state index in [-0.39, 0.29) is 19.2 Å². The van der Waals surface area contributed by atoms with E-state index in [1.165, 1.54) is 38.5 Å². The van der Waals surface area contributed by atoms with Crippen LogP contribution in [0, 0.1) is 0 Å². The summed E-state index contributed by atoms with van der Waals surface area (Å²) in [4.78, 5) is 22.1. The van der Waals surface area contributed by atoms with Crippen molar-refractivity contribution < 1.29 is 19.1 Å². The third-order valence-electron chi connectivity index (χ3n) is 2.99. The molecule has 0 aromatic carbocycles. The summed E-state index contributed by atoms with van der Waals surface area (Å²) in [7, 11) is 0. The fourth-order valence-corrected chi connectivity index (χ4v) is 1.83.